The number of nitrogens with one attached hydrogen (secondary N) is 4. The Bertz CT molecular complexity index is 822. The van der Waals surface area contributed by atoms with Gasteiger partial charge < -0.3 is 21.3 Å². The molecule has 0 unspecified atom stereocenters. The summed E-state index contributed by atoms with van der Waals surface area (Å²) in [6.45, 7) is 5.73. The van der Waals surface area contributed by atoms with Gasteiger partial charge in [-0.1, -0.05) is 0 Å². The van der Waals surface area contributed by atoms with Crippen molar-refractivity contribution < 1.29 is 23.6 Å². The van der Waals surface area contributed by atoms with E-state index in [2.05, 4.69) is 21.3 Å². The minimum atomic E-state index is -1.43. The second-order valence-electron chi connectivity index (χ2n) is 7.27. The first-order valence-corrected chi connectivity index (χ1v) is 8.14. The predicted molar refractivity (Wildman–Crippen MR) is 96.6 cm³/mol. The van der Waals surface area contributed by atoms with E-state index in [1.807, 2.05) is 0 Å². The monoisotopic (exact) mass is 379 g/mol. The SMILES string of the molecule is CN1C(=O)NC(C)(C)C(=O)Nc2ccc(F)cc2NC(=O)C(C)(C)NC1=O. The van der Waals surface area contributed by atoms with Gasteiger partial charge in [-0.25, -0.2) is 18.9 Å². The van der Waals surface area contributed by atoms with Crippen molar-refractivity contribution in [1.29, 1.82) is 0 Å². The number of imide groups is 1. The molecule has 1 aliphatic heterocycles. The minimum Gasteiger partial charge on any atom is -0.324 e. The van der Waals surface area contributed by atoms with Crippen LogP contribution in [-0.2, 0) is 9.59 Å². The number of carbonyl (C=O) groups is 4. The highest BCUT2D eigenvalue weighted by molar-refractivity contribution is 6.08. The Kier molecular flexibility index (Phi) is 5.12. The van der Waals surface area contributed by atoms with Gasteiger partial charge in [0.15, 0.2) is 0 Å². The molecule has 0 atom stereocenters. The lowest BCUT2D eigenvalue weighted by Crippen LogP contribution is -2.60. The van der Waals surface area contributed by atoms with Gasteiger partial charge >= 0.3 is 12.1 Å². The van der Waals surface area contributed by atoms with Crippen molar-refractivity contribution in [1.82, 2.24) is 15.5 Å². The number of anilines is 2. The maximum Gasteiger partial charge on any atom is 0.326 e. The van der Waals surface area contributed by atoms with Crippen molar-refractivity contribution >= 4 is 35.3 Å². The predicted octanol–water partition coefficient (Wildman–Crippen LogP) is 1.62. The van der Waals surface area contributed by atoms with Gasteiger partial charge in [-0.15, -0.1) is 0 Å². The van der Waals surface area contributed by atoms with E-state index >= 15 is 0 Å². The summed E-state index contributed by atoms with van der Waals surface area (Å²) in [6.07, 6.45) is 0. The van der Waals surface area contributed by atoms with E-state index in [9.17, 15) is 23.6 Å². The van der Waals surface area contributed by atoms with E-state index in [-0.39, 0.29) is 11.4 Å². The second kappa shape index (κ2) is 6.86. The molecule has 1 aromatic rings. The Balaban J connectivity index is 2.53. The van der Waals surface area contributed by atoms with Crippen LogP contribution in [0.15, 0.2) is 18.2 Å². The van der Waals surface area contributed by atoms with Crippen LogP contribution in [0.2, 0.25) is 0 Å². The van der Waals surface area contributed by atoms with E-state index in [0.717, 1.165) is 17.0 Å². The molecule has 6 amide bonds. The number of urea groups is 2. The average molecular weight is 379 g/mol. The van der Waals surface area contributed by atoms with Crippen LogP contribution in [0.3, 0.4) is 0 Å². The third kappa shape index (κ3) is 4.33. The summed E-state index contributed by atoms with van der Waals surface area (Å²) >= 11 is 0. The van der Waals surface area contributed by atoms with E-state index in [4.69, 9.17) is 0 Å². The first kappa shape index (κ1) is 20.1. The standard InChI is InChI=1S/C17H22FN5O4/c1-16(2)12(24)19-10-7-6-9(18)8-11(10)20-13(25)17(3,4)22-15(27)23(5)14(26)21-16/h6-8H,1-5H3,(H,19,24)(H,20,25)(H,21,26)(H,22,27). The number of hydrogen-bond acceptors (Lipinski definition) is 4. The summed E-state index contributed by atoms with van der Waals surface area (Å²) < 4.78 is 13.7. The molecule has 0 bridgehead atoms. The van der Waals surface area contributed by atoms with Gasteiger partial charge in [0.1, 0.15) is 16.9 Å². The van der Waals surface area contributed by atoms with Crippen LogP contribution in [0.25, 0.3) is 0 Å². The maximum absolute atomic E-state index is 13.7. The highest BCUT2D eigenvalue weighted by Gasteiger charge is 2.36. The van der Waals surface area contributed by atoms with Gasteiger partial charge in [0.05, 0.1) is 11.4 Å². The van der Waals surface area contributed by atoms with Crippen molar-refractivity contribution in [2.45, 2.75) is 38.8 Å². The maximum atomic E-state index is 13.7. The summed E-state index contributed by atoms with van der Waals surface area (Å²) in [7, 11) is 1.20. The molecule has 0 spiro atoms. The van der Waals surface area contributed by atoms with Crippen LogP contribution in [0, 0.1) is 5.82 Å². The molecule has 0 radical (unpaired) electrons. The third-order valence-electron chi connectivity index (χ3n) is 4.06. The number of benzene rings is 1. The molecular formula is C17H22FN5O4. The number of rotatable bonds is 0. The molecule has 9 nitrogen and oxygen atoms in total. The highest BCUT2D eigenvalue weighted by atomic mass is 19.1. The summed E-state index contributed by atoms with van der Waals surface area (Å²) in [5.41, 5.74) is -2.66. The van der Waals surface area contributed by atoms with Crippen LogP contribution < -0.4 is 21.3 Å². The van der Waals surface area contributed by atoms with Crippen molar-refractivity contribution in [3.8, 4) is 0 Å². The molecule has 146 valence electrons. The van der Waals surface area contributed by atoms with Gasteiger partial charge in [-0.2, -0.15) is 0 Å². The zero-order valence-electron chi connectivity index (χ0n) is 15.7. The van der Waals surface area contributed by atoms with Gasteiger partial charge in [-0.3, -0.25) is 9.59 Å². The number of fused-ring (bicyclic) bond motifs is 1. The molecule has 0 aromatic heterocycles. The molecule has 1 aromatic carbocycles. The Hall–Kier alpha value is -3.17. The lowest BCUT2D eigenvalue weighted by molar-refractivity contribution is -0.121. The number of halogens is 1. The van der Waals surface area contributed by atoms with Crippen LogP contribution in [-0.4, -0.2) is 46.9 Å². The molecule has 10 heteroatoms. The lowest BCUT2D eigenvalue weighted by atomic mass is 10.0. The fourth-order valence-corrected chi connectivity index (χ4v) is 2.19. The topological polar surface area (TPSA) is 120 Å². The highest BCUT2D eigenvalue weighted by Crippen LogP contribution is 2.25. The van der Waals surface area contributed by atoms with Gasteiger partial charge in [0.25, 0.3) is 0 Å². The summed E-state index contributed by atoms with van der Waals surface area (Å²) in [4.78, 5) is 50.5. The zero-order valence-corrected chi connectivity index (χ0v) is 15.7. The van der Waals surface area contributed by atoms with Crippen LogP contribution >= 0.6 is 0 Å². The van der Waals surface area contributed by atoms with Crippen LogP contribution in [0.1, 0.15) is 27.7 Å². The molecule has 4 N–H and O–H groups in total. The van der Waals surface area contributed by atoms with Gasteiger partial charge in [0.2, 0.25) is 11.8 Å². The summed E-state index contributed by atoms with van der Waals surface area (Å²) in [6, 6.07) is 1.78. The Labute approximate surface area is 155 Å². The Morgan fingerprint density at radius 3 is 1.74 bits per heavy atom. The molecule has 27 heavy (non-hydrogen) atoms. The van der Waals surface area contributed by atoms with Gasteiger partial charge in [-0.05, 0) is 45.9 Å². The van der Waals surface area contributed by atoms with E-state index in [1.54, 1.807) is 0 Å². The van der Waals surface area contributed by atoms with Crippen LogP contribution in [0.4, 0.5) is 25.4 Å². The van der Waals surface area contributed by atoms with Crippen molar-refractivity contribution in [2.24, 2.45) is 0 Å². The normalized spacial score (nSPS) is 20.0. The third-order valence-corrected chi connectivity index (χ3v) is 4.06. The molecule has 0 saturated heterocycles. The van der Waals surface area contributed by atoms with E-state index in [1.165, 1.54) is 40.8 Å². The Morgan fingerprint density at radius 2 is 1.26 bits per heavy atom. The quantitative estimate of drug-likeness (QED) is 0.547. The lowest BCUT2D eigenvalue weighted by Gasteiger charge is -2.29. The first-order chi connectivity index (χ1) is 12.3. The first-order valence-electron chi connectivity index (χ1n) is 8.14. The molecule has 1 heterocycles. The molecule has 1 aliphatic rings. The second-order valence-corrected chi connectivity index (χ2v) is 7.27. The largest absolute Gasteiger partial charge is 0.326 e. The fourth-order valence-electron chi connectivity index (χ4n) is 2.19. The fraction of sp³-hybridized carbons (Fsp3) is 0.412. The molecule has 2 rings (SSSR count). The van der Waals surface area contributed by atoms with Gasteiger partial charge in [0, 0.05) is 7.05 Å². The van der Waals surface area contributed by atoms with E-state index in [0.29, 0.717) is 0 Å². The smallest absolute Gasteiger partial charge is 0.324 e. The Morgan fingerprint density at radius 1 is 0.815 bits per heavy atom. The molecular weight excluding hydrogens is 357 g/mol. The van der Waals surface area contributed by atoms with E-state index < -0.39 is 40.8 Å². The number of hydrogen-bond donors (Lipinski definition) is 4. The minimum absolute atomic E-state index is 0.0189. The molecule has 0 saturated carbocycles. The average Bonchev–Trinajstić information content (AvgIpc) is 2.54. The number of carbonyl (C=O) groups excluding carboxylic acids is 4. The van der Waals surface area contributed by atoms with Crippen molar-refractivity contribution in [2.75, 3.05) is 17.7 Å². The van der Waals surface area contributed by atoms with Crippen molar-refractivity contribution in [3.05, 3.63) is 24.0 Å². The van der Waals surface area contributed by atoms with Crippen molar-refractivity contribution in [3.63, 3.8) is 0 Å². The zero-order chi connectivity index (χ0) is 20.6. The number of amides is 6. The summed E-state index contributed by atoms with van der Waals surface area (Å²) in [5.74, 6) is -1.91. The summed E-state index contributed by atoms with van der Waals surface area (Å²) in [5, 5.41) is 9.91. The van der Waals surface area contributed by atoms with Crippen LogP contribution in [0.5, 0.6) is 0 Å². The number of nitrogens with zero attached hydrogens (tertiary/aromatic N) is 1. The molecule has 0 aliphatic carbocycles. The molecule has 0 fully saturated rings.